The zero-order valence-corrected chi connectivity index (χ0v) is 20.1. The Labute approximate surface area is 207 Å². The van der Waals surface area contributed by atoms with Gasteiger partial charge in [0, 0.05) is 5.69 Å². The average Bonchev–Trinajstić information content (AvgIpc) is 3.32. The van der Waals surface area contributed by atoms with Crippen molar-refractivity contribution in [2.75, 3.05) is 16.4 Å². The molecule has 0 bridgehead atoms. The molecule has 178 valence electrons. The van der Waals surface area contributed by atoms with Gasteiger partial charge in [-0.25, -0.2) is 0 Å². The summed E-state index contributed by atoms with van der Waals surface area (Å²) in [6.07, 6.45) is 0. The van der Waals surface area contributed by atoms with E-state index >= 15 is 0 Å². The van der Waals surface area contributed by atoms with Gasteiger partial charge in [-0.3, -0.25) is 9.59 Å². The van der Waals surface area contributed by atoms with Crippen LogP contribution in [0.1, 0.15) is 27.4 Å². The number of rotatable bonds is 9. The van der Waals surface area contributed by atoms with E-state index in [1.54, 1.807) is 36.4 Å². The SMILES string of the molecule is Cc1ccc(C)c(OCc2nnc(SCC(=O)Nc3ccccc3C(=O)Nc3ccccc3)o2)c1. The van der Waals surface area contributed by atoms with Crippen LogP contribution in [0.3, 0.4) is 0 Å². The molecule has 35 heavy (non-hydrogen) atoms. The number of hydrogen-bond donors (Lipinski definition) is 2. The lowest BCUT2D eigenvalue weighted by Crippen LogP contribution is -2.19. The standard InChI is InChI=1S/C26H24N4O4S/c1-17-12-13-18(2)22(14-17)33-15-24-29-30-26(34-24)35-16-23(31)28-21-11-7-6-10-20(21)25(32)27-19-8-4-3-5-9-19/h3-14H,15-16H2,1-2H3,(H,27,32)(H,28,31). The Morgan fingerprint density at radius 1 is 0.943 bits per heavy atom. The molecule has 8 nitrogen and oxygen atoms in total. The number of aromatic nitrogens is 2. The summed E-state index contributed by atoms with van der Waals surface area (Å²) in [6, 6.07) is 21.9. The fourth-order valence-electron chi connectivity index (χ4n) is 3.18. The third-order valence-electron chi connectivity index (χ3n) is 4.95. The molecule has 2 amide bonds. The fraction of sp³-hybridized carbons (Fsp3) is 0.154. The quantitative estimate of drug-likeness (QED) is 0.310. The molecule has 3 aromatic carbocycles. The summed E-state index contributed by atoms with van der Waals surface area (Å²) in [6.45, 7) is 4.09. The predicted octanol–water partition coefficient (Wildman–Crippen LogP) is 5.25. The minimum absolute atomic E-state index is 0.0358. The van der Waals surface area contributed by atoms with Crippen LogP contribution in [-0.4, -0.2) is 27.8 Å². The van der Waals surface area contributed by atoms with E-state index in [1.807, 2.05) is 50.2 Å². The van der Waals surface area contributed by atoms with E-state index in [0.29, 0.717) is 22.8 Å². The summed E-state index contributed by atoms with van der Waals surface area (Å²) in [5.74, 6) is 0.490. The monoisotopic (exact) mass is 488 g/mol. The van der Waals surface area contributed by atoms with Crippen molar-refractivity contribution >= 4 is 35.0 Å². The highest BCUT2D eigenvalue weighted by Crippen LogP contribution is 2.22. The van der Waals surface area contributed by atoms with Gasteiger partial charge in [0.1, 0.15) is 5.75 Å². The minimum Gasteiger partial charge on any atom is -0.484 e. The molecule has 0 fully saturated rings. The molecular formula is C26H24N4O4S. The number of nitrogens with one attached hydrogen (secondary N) is 2. The number of carbonyl (C=O) groups is 2. The molecule has 0 aliphatic carbocycles. The lowest BCUT2D eigenvalue weighted by molar-refractivity contribution is -0.113. The number of ether oxygens (including phenoxy) is 1. The summed E-state index contributed by atoms with van der Waals surface area (Å²) >= 11 is 1.10. The Bertz CT molecular complexity index is 1320. The van der Waals surface area contributed by atoms with Crippen LogP contribution in [-0.2, 0) is 11.4 Å². The minimum atomic E-state index is -0.315. The molecule has 1 heterocycles. The van der Waals surface area contributed by atoms with E-state index in [-0.39, 0.29) is 29.4 Å². The molecule has 1 aromatic heterocycles. The molecule has 0 aliphatic heterocycles. The van der Waals surface area contributed by atoms with Gasteiger partial charge in [0.05, 0.1) is 17.0 Å². The van der Waals surface area contributed by atoms with Gasteiger partial charge in [-0.2, -0.15) is 0 Å². The maximum absolute atomic E-state index is 12.7. The molecule has 0 saturated heterocycles. The third kappa shape index (κ3) is 6.70. The van der Waals surface area contributed by atoms with Crippen LogP contribution < -0.4 is 15.4 Å². The number of hydrogen-bond acceptors (Lipinski definition) is 7. The number of carbonyl (C=O) groups excluding carboxylic acids is 2. The van der Waals surface area contributed by atoms with Crippen molar-refractivity contribution in [1.29, 1.82) is 0 Å². The first-order valence-corrected chi connectivity index (χ1v) is 11.9. The summed E-state index contributed by atoms with van der Waals surface area (Å²) in [5.41, 5.74) is 3.55. The summed E-state index contributed by atoms with van der Waals surface area (Å²) in [5, 5.41) is 13.8. The number of thioether (sulfide) groups is 1. The molecule has 0 radical (unpaired) electrons. The second kappa shape index (κ2) is 11.3. The Hall–Kier alpha value is -4.11. The highest BCUT2D eigenvalue weighted by molar-refractivity contribution is 7.99. The van der Waals surface area contributed by atoms with Crippen molar-refractivity contribution in [3.63, 3.8) is 0 Å². The zero-order valence-electron chi connectivity index (χ0n) is 19.3. The lowest BCUT2D eigenvalue weighted by atomic mass is 10.1. The van der Waals surface area contributed by atoms with Gasteiger partial charge in [0.2, 0.25) is 5.91 Å². The number of aryl methyl sites for hydroxylation is 2. The maximum Gasteiger partial charge on any atom is 0.277 e. The van der Waals surface area contributed by atoms with Crippen molar-refractivity contribution < 1.29 is 18.7 Å². The third-order valence-corrected chi connectivity index (χ3v) is 5.77. The Kier molecular flexibility index (Phi) is 7.79. The van der Waals surface area contributed by atoms with Crippen molar-refractivity contribution in [3.8, 4) is 5.75 Å². The summed E-state index contributed by atoms with van der Waals surface area (Å²) < 4.78 is 11.4. The normalized spacial score (nSPS) is 10.6. The molecule has 0 saturated carbocycles. The Morgan fingerprint density at radius 3 is 2.54 bits per heavy atom. The fourth-order valence-corrected chi connectivity index (χ4v) is 3.76. The lowest BCUT2D eigenvalue weighted by Gasteiger charge is -2.11. The molecule has 0 unspecified atom stereocenters. The molecule has 4 rings (SSSR count). The van der Waals surface area contributed by atoms with E-state index in [2.05, 4.69) is 20.8 Å². The highest BCUT2D eigenvalue weighted by atomic mass is 32.2. The molecule has 9 heteroatoms. The first-order chi connectivity index (χ1) is 17.0. The summed E-state index contributed by atoms with van der Waals surface area (Å²) in [7, 11) is 0. The van der Waals surface area contributed by atoms with Gasteiger partial charge < -0.3 is 19.8 Å². The van der Waals surface area contributed by atoms with Gasteiger partial charge in [-0.1, -0.05) is 54.2 Å². The predicted molar refractivity (Wildman–Crippen MR) is 135 cm³/mol. The Morgan fingerprint density at radius 2 is 1.71 bits per heavy atom. The second-order valence-corrected chi connectivity index (χ2v) is 8.65. The van der Waals surface area contributed by atoms with Crippen LogP contribution in [0.2, 0.25) is 0 Å². The number of nitrogens with zero attached hydrogens (tertiary/aromatic N) is 2. The van der Waals surface area contributed by atoms with Gasteiger partial charge in [0.15, 0.2) is 6.61 Å². The zero-order chi connectivity index (χ0) is 24.6. The maximum atomic E-state index is 12.7. The smallest absolute Gasteiger partial charge is 0.277 e. The first-order valence-electron chi connectivity index (χ1n) is 10.9. The molecule has 2 N–H and O–H groups in total. The van der Waals surface area contributed by atoms with Crippen molar-refractivity contribution in [2.24, 2.45) is 0 Å². The number of amides is 2. The topological polar surface area (TPSA) is 106 Å². The van der Waals surface area contributed by atoms with Crippen molar-refractivity contribution in [2.45, 2.75) is 25.7 Å². The van der Waals surface area contributed by atoms with Gasteiger partial charge in [0.25, 0.3) is 17.0 Å². The van der Waals surface area contributed by atoms with Crippen LogP contribution >= 0.6 is 11.8 Å². The molecule has 0 aliphatic rings. The summed E-state index contributed by atoms with van der Waals surface area (Å²) in [4.78, 5) is 25.2. The van der Waals surface area contributed by atoms with Crippen molar-refractivity contribution in [1.82, 2.24) is 10.2 Å². The largest absolute Gasteiger partial charge is 0.484 e. The molecule has 0 spiro atoms. The first kappa shape index (κ1) is 24.0. The van der Waals surface area contributed by atoms with Crippen molar-refractivity contribution in [3.05, 3.63) is 95.4 Å². The van der Waals surface area contributed by atoms with Crippen LogP contribution in [0, 0.1) is 13.8 Å². The molecular weight excluding hydrogens is 464 g/mol. The number of anilines is 2. The molecule has 0 atom stereocenters. The number of benzene rings is 3. The molecule has 4 aromatic rings. The average molecular weight is 489 g/mol. The highest BCUT2D eigenvalue weighted by Gasteiger charge is 2.15. The van der Waals surface area contributed by atoms with E-state index in [9.17, 15) is 9.59 Å². The van der Waals surface area contributed by atoms with E-state index in [4.69, 9.17) is 9.15 Å². The van der Waals surface area contributed by atoms with E-state index in [1.165, 1.54) is 0 Å². The van der Waals surface area contributed by atoms with E-state index < -0.39 is 0 Å². The second-order valence-electron chi connectivity index (χ2n) is 7.72. The van der Waals surface area contributed by atoms with Gasteiger partial charge in [-0.05, 0) is 55.3 Å². The van der Waals surface area contributed by atoms with Crippen LogP contribution in [0.25, 0.3) is 0 Å². The Balaban J connectivity index is 1.30. The van der Waals surface area contributed by atoms with Gasteiger partial charge >= 0.3 is 0 Å². The van der Waals surface area contributed by atoms with Crippen LogP contribution in [0.5, 0.6) is 5.75 Å². The van der Waals surface area contributed by atoms with Gasteiger partial charge in [-0.15, -0.1) is 10.2 Å². The van der Waals surface area contributed by atoms with E-state index in [0.717, 1.165) is 28.6 Å². The van der Waals surface area contributed by atoms with Crippen LogP contribution in [0.15, 0.2) is 82.4 Å². The van der Waals surface area contributed by atoms with Crippen LogP contribution in [0.4, 0.5) is 11.4 Å². The number of para-hydroxylation sites is 2.